The normalized spacial score (nSPS) is 11.5. The first-order chi connectivity index (χ1) is 39.3. The van der Waals surface area contributed by atoms with E-state index in [9.17, 15) is 5.26 Å². The average Bonchev–Trinajstić information content (AvgIpc) is 4.17. The molecule has 0 spiro atoms. The van der Waals surface area contributed by atoms with E-state index in [4.69, 9.17) is 4.98 Å². The molecule has 0 aliphatic carbocycles. The van der Waals surface area contributed by atoms with Crippen molar-refractivity contribution in [2.24, 2.45) is 0 Å². The van der Waals surface area contributed by atoms with E-state index in [1.165, 1.54) is 44.5 Å². The predicted molar refractivity (Wildman–Crippen MR) is 335 cm³/mol. The van der Waals surface area contributed by atoms with Crippen LogP contribution in [-0.2, 0) is 0 Å². The molecule has 0 saturated heterocycles. The van der Waals surface area contributed by atoms with Crippen LogP contribution in [0.15, 0.2) is 255 Å². The monoisotopic (exact) mass is 1020 g/mol. The third-order valence-corrected chi connectivity index (χ3v) is 16.4. The van der Waals surface area contributed by atoms with Crippen LogP contribution in [0.25, 0.3) is 133 Å². The number of hydrogen-bond donors (Lipinski definition) is 0. The van der Waals surface area contributed by atoms with Crippen LogP contribution in [0.3, 0.4) is 0 Å². The molecular formula is C76H54N4. The summed E-state index contributed by atoms with van der Waals surface area (Å²) in [5.41, 5.74) is 26.3. The molecule has 0 aliphatic heterocycles. The van der Waals surface area contributed by atoms with Gasteiger partial charge in [0.1, 0.15) is 11.6 Å². The first-order valence-electron chi connectivity index (χ1n) is 27.4. The number of nitrogens with zero attached hydrogens (tertiary/aromatic N) is 4. The molecule has 0 fully saturated rings. The number of rotatable bonds is 9. The average molecular weight is 1020 g/mol. The van der Waals surface area contributed by atoms with Crippen LogP contribution >= 0.6 is 0 Å². The van der Waals surface area contributed by atoms with Crippen molar-refractivity contribution in [2.45, 2.75) is 27.7 Å². The Bertz CT molecular complexity index is 4390. The van der Waals surface area contributed by atoms with Crippen molar-refractivity contribution in [3.05, 3.63) is 283 Å². The van der Waals surface area contributed by atoms with Gasteiger partial charge in [-0.3, -0.25) is 4.98 Å². The van der Waals surface area contributed by atoms with Gasteiger partial charge in [0, 0.05) is 38.9 Å². The Morgan fingerprint density at radius 2 is 0.662 bits per heavy atom. The summed E-state index contributed by atoms with van der Waals surface area (Å²) in [6.45, 7) is 8.71. The van der Waals surface area contributed by atoms with E-state index in [-0.39, 0.29) is 0 Å². The second-order valence-corrected chi connectivity index (χ2v) is 21.2. The Morgan fingerprint density at radius 3 is 1.06 bits per heavy atom. The summed E-state index contributed by atoms with van der Waals surface area (Å²) >= 11 is 0. The van der Waals surface area contributed by atoms with Crippen LogP contribution in [0.1, 0.15) is 27.8 Å². The minimum absolute atomic E-state index is 0.555. The lowest BCUT2D eigenvalue weighted by molar-refractivity contribution is 1.12. The molecule has 4 heteroatoms. The van der Waals surface area contributed by atoms with Crippen molar-refractivity contribution in [3.63, 3.8) is 0 Å². The van der Waals surface area contributed by atoms with E-state index in [0.717, 1.165) is 111 Å². The zero-order chi connectivity index (χ0) is 54.0. The van der Waals surface area contributed by atoms with Gasteiger partial charge < -0.3 is 9.13 Å². The maximum absolute atomic E-state index is 12.1. The molecule has 0 saturated carbocycles. The summed E-state index contributed by atoms with van der Waals surface area (Å²) in [5.74, 6) is 0. The van der Waals surface area contributed by atoms with Gasteiger partial charge in [-0.05, 0) is 184 Å². The van der Waals surface area contributed by atoms with Crippen LogP contribution < -0.4 is 0 Å². The Labute approximate surface area is 466 Å². The van der Waals surface area contributed by atoms with Crippen LogP contribution in [0, 0.1) is 39.0 Å². The molecule has 0 radical (unpaired) electrons. The summed E-state index contributed by atoms with van der Waals surface area (Å²) in [4.78, 5) is 5.19. The number of fused-ring (bicyclic) bond motifs is 6. The van der Waals surface area contributed by atoms with Crippen molar-refractivity contribution in [1.82, 2.24) is 14.1 Å². The molecule has 0 amide bonds. The zero-order valence-corrected chi connectivity index (χ0v) is 45.0. The standard InChI is InChI=1S/C76H54N4/c1-48-18-8-12-26-60(48)54-31-35-70-65(41-54)66-42-55(61-27-13-9-19-49(61)2)32-36-71(66)79(70)74-45-59(64-30-17-39-78-76(64)58-25-16-24-53(40-58)52-22-6-5-7-23-52)46-75(69(74)47-77)80-72-37-33-56(62-28-14-10-20-50(62)3)43-67(72)68-44-57(34-38-73(68)80)63-29-15-11-21-51(63)4/h5-46H,1-4H3. The largest absolute Gasteiger partial charge is 0.308 e. The van der Waals surface area contributed by atoms with Gasteiger partial charge >= 0.3 is 0 Å². The van der Waals surface area contributed by atoms with Crippen molar-refractivity contribution in [2.75, 3.05) is 0 Å². The van der Waals surface area contributed by atoms with E-state index in [0.29, 0.717) is 5.56 Å². The number of aromatic nitrogens is 3. The summed E-state index contributed by atoms with van der Waals surface area (Å²) in [6, 6.07) is 92.5. The van der Waals surface area contributed by atoms with Gasteiger partial charge in [0.2, 0.25) is 0 Å². The van der Waals surface area contributed by atoms with E-state index in [1.807, 2.05) is 12.3 Å². The molecule has 0 bridgehead atoms. The highest BCUT2D eigenvalue weighted by Gasteiger charge is 2.25. The van der Waals surface area contributed by atoms with Gasteiger partial charge in [0.05, 0.1) is 39.1 Å². The van der Waals surface area contributed by atoms with E-state index >= 15 is 0 Å². The van der Waals surface area contributed by atoms with Crippen molar-refractivity contribution >= 4 is 43.6 Å². The molecular weight excluding hydrogens is 969 g/mol. The molecule has 0 atom stereocenters. The first-order valence-corrected chi connectivity index (χ1v) is 27.4. The predicted octanol–water partition coefficient (Wildman–Crippen LogP) is 20.1. The molecule has 3 heterocycles. The van der Waals surface area contributed by atoms with Gasteiger partial charge in [-0.25, -0.2) is 0 Å². The van der Waals surface area contributed by atoms with Crippen molar-refractivity contribution in [3.8, 4) is 95.5 Å². The highest BCUT2D eigenvalue weighted by atomic mass is 15.0. The van der Waals surface area contributed by atoms with E-state index in [1.54, 1.807) is 0 Å². The molecule has 4 nitrogen and oxygen atoms in total. The van der Waals surface area contributed by atoms with Gasteiger partial charge in [0.25, 0.3) is 0 Å². The lowest BCUT2D eigenvalue weighted by atomic mass is 9.94. The van der Waals surface area contributed by atoms with E-state index in [2.05, 4.69) is 286 Å². The molecule has 378 valence electrons. The number of nitriles is 1. The quantitative estimate of drug-likeness (QED) is 0.145. The lowest BCUT2D eigenvalue weighted by Crippen LogP contribution is -2.05. The SMILES string of the molecule is Cc1ccccc1-c1ccc2c(c1)c1cc(-c3ccccc3C)ccc1n2-c1cc(-c2cccnc2-c2cccc(-c3ccccc3)c2)cc(-n2c3ccc(-c4ccccc4C)cc3c3cc(-c4ccccc4C)ccc32)c1C#N. The van der Waals surface area contributed by atoms with Crippen molar-refractivity contribution in [1.29, 1.82) is 5.26 Å². The van der Waals surface area contributed by atoms with Crippen LogP contribution in [0.2, 0.25) is 0 Å². The smallest absolute Gasteiger partial charge is 0.104 e. The minimum atomic E-state index is 0.555. The van der Waals surface area contributed by atoms with Crippen LogP contribution in [-0.4, -0.2) is 14.1 Å². The zero-order valence-electron chi connectivity index (χ0n) is 45.0. The summed E-state index contributed by atoms with van der Waals surface area (Å²) < 4.78 is 4.68. The Balaban J connectivity index is 1.10. The molecule has 3 aromatic heterocycles. The van der Waals surface area contributed by atoms with Gasteiger partial charge in [-0.2, -0.15) is 5.26 Å². The maximum atomic E-state index is 12.1. The molecule has 80 heavy (non-hydrogen) atoms. The van der Waals surface area contributed by atoms with Gasteiger partial charge in [-0.15, -0.1) is 0 Å². The molecule has 0 N–H and O–H groups in total. The highest BCUT2D eigenvalue weighted by molar-refractivity contribution is 6.14. The Hall–Kier alpha value is -10.3. The fourth-order valence-electron chi connectivity index (χ4n) is 12.4. The van der Waals surface area contributed by atoms with Crippen LogP contribution in [0.4, 0.5) is 0 Å². The summed E-state index contributed by atoms with van der Waals surface area (Å²) in [7, 11) is 0. The first kappa shape index (κ1) is 48.1. The highest BCUT2D eigenvalue weighted by Crippen LogP contribution is 2.45. The van der Waals surface area contributed by atoms with Gasteiger partial charge in [-0.1, -0.05) is 176 Å². The van der Waals surface area contributed by atoms with Crippen molar-refractivity contribution < 1.29 is 0 Å². The Kier molecular flexibility index (Phi) is 11.8. The minimum Gasteiger partial charge on any atom is -0.308 e. The fraction of sp³-hybridized carbons (Fsp3) is 0.0526. The maximum Gasteiger partial charge on any atom is 0.104 e. The molecule has 11 aromatic carbocycles. The molecule has 0 unspecified atom stereocenters. The number of pyridine rings is 1. The second kappa shape index (κ2) is 19.6. The Morgan fingerprint density at radius 1 is 0.300 bits per heavy atom. The topological polar surface area (TPSA) is 46.5 Å². The lowest BCUT2D eigenvalue weighted by Gasteiger charge is -2.20. The van der Waals surface area contributed by atoms with Crippen LogP contribution in [0.5, 0.6) is 0 Å². The molecule has 14 rings (SSSR count). The third kappa shape index (κ3) is 8.10. The number of aryl methyl sites for hydroxylation is 4. The third-order valence-electron chi connectivity index (χ3n) is 16.4. The number of hydrogen-bond acceptors (Lipinski definition) is 2. The van der Waals surface area contributed by atoms with E-state index < -0.39 is 0 Å². The number of benzene rings is 11. The van der Waals surface area contributed by atoms with Gasteiger partial charge in [0.15, 0.2) is 0 Å². The second-order valence-electron chi connectivity index (χ2n) is 21.2. The summed E-state index contributed by atoms with van der Waals surface area (Å²) in [5, 5.41) is 16.6. The molecule has 0 aliphatic rings. The molecule has 14 aromatic rings. The fourth-order valence-corrected chi connectivity index (χ4v) is 12.4. The summed E-state index contributed by atoms with van der Waals surface area (Å²) in [6.07, 6.45) is 1.88.